The Balaban J connectivity index is 0.00000220. The number of rotatable bonds is 7. The Labute approximate surface area is 145 Å². The second-order valence-electron chi connectivity index (χ2n) is 5.68. The van der Waals surface area contributed by atoms with Gasteiger partial charge in [-0.15, -0.1) is 24.8 Å². The summed E-state index contributed by atoms with van der Waals surface area (Å²) < 4.78 is 0. The van der Waals surface area contributed by atoms with Gasteiger partial charge in [0.25, 0.3) is 0 Å². The van der Waals surface area contributed by atoms with Crippen molar-refractivity contribution in [1.82, 2.24) is 10.2 Å². The molecule has 4 nitrogen and oxygen atoms in total. The first-order valence-electron chi connectivity index (χ1n) is 7.42. The number of benzene rings is 1. The van der Waals surface area contributed by atoms with Gasteiger partial charge >= 0.3 is 0 Å². The molecular formula is C16H27Cl2N3O. The summed E-state index contributed by atoms with van der Waals surface area (Å²) in [6.07, 6.45) is 2.58. The Morgan fingerprint density at radius 2 is 1.91 bits per heavy atom. The van der Waals surface area contributed by atoms with Crippen LogP contribution in [0.15, 0.2) is 30.3 Å². The quantitative estimate of drug-likeness (QED) is 0.795. The van der Waals surface area contributed by atoms with Crippen molar-refractivity contribution in [1.29, 1.82) is 0 Å². The lowest BCUT2D eigenvalue weighted by atomic mass is 9.92. The summed E-state index contributed by atoms with van der Waals surface area (Å²) in [6, 6.07) is 10.2. The minimum Gasteiger partial charge on any atom is -0.353 e. The van der Waals surface area contributed by atoms with Crippen molar-refractivity contribution in [3.8, 4) is 0 Å². The number of nitrogens with zero attached hydrogens (tertiary/aromatic N) is 1. The number of amides is 1. The van der Waals surface area contributed by atoms with E-state index in [2.05, 4.69) is 17.1 Å². The predicted molar refractivity (Wildman–Crippen MR) is 95.8 cm³/mol. The highest BCUT2D eigenvalue weighted by Crippen LogP contribution is 2.25. The Morgan fingerprint density at radius 3 is 2.41 bits per heavy atom. The van der Waals surface area contributed by atoms with E-state index >= 15 is 0 Å². The molecule has 6 heteroatoms. The van der Waals surface area contributed by atoms with Crippen LogP contribution in [0.3, 0.4) is 0 Å². The lowest BCUT2D eigenvalue weighted by Crippen LogP contribution is -2.50. The molecule has 1 unspecified atom stereocenters. The van der Waals surface area contributed by atoms with Gasteiger partial charge in [-0.1, -0.05) is 37.3 Å². The molecule has 1 aromatic carbocycles. The van der Waals surface area contributed by atoms with Gasteiger partial charge in [0.05, 0.1) is 0 Å². The van der Waals surface area contributed by atoms with Crippen LogP contribution >= 0.6 is 24.8 Å². The third-order valence-corrected chi connectivity index (χ3v) is 4.00. The van der Waals surface area contributed by atoms with Gasteiger partial charge in [0.2, 0.25) is 5.91 Å². The summed E-state index contributed by atoms with van der Waals surface area (Å²) in [5, 5.41) is 2.96. The predicted octanol–water partition coefficient (Wildman–Crippen LogP) is 2.30. The minimum atomic E-state index is -0.974. The molecule has 2 rings (SSSR count). The summed E-state index contributed by atoms with van der Waals surface area (Å²) in [7, 11) is 0. The lowest BCUT2D eigenvalue weighted by Gasteiger charge is -2.25. The number of halogens is 2. The van der Waals surface area contributed by atoms with Gasteiger partial charge in [0.1, 0.15) is 5.54 Å². The number of hydrogen-bond donors (Lipinski definition) is 2. The van der Waals surface area contributed by atoms with E-state index in [9.17, 15) is 4.79 Å². The number of nitrogens with one attached hydrogen (secondary N) is 1. The van der Waals surface area contributed by atoms with Gasteiger partial charge in [-0.05, 0) is 31.9 Å². The van der Waals surface area contributed by atoms with E-state index in [0.29, 0.717) is 6.54 Å². The normalized spacial score (nSPS) is 16.2. The topological polar surface area (TPSA) is 58.4 Å². The van der Waals surface area contributed by atoms with E-state index in [-0.39, 0.29) is 30.7 Å². The Kier molecular flexibility index (Phi) is 9.01. The van der Waals surface area contributed by atoms with Crippen molar-refractivity contribution < 1.29 is 4.79 Å². The van der Waals surface area contributed by atoms with Crippen molar-refractivity contribution >= 4 is 30.7 Å². The molecule has 0 radical (unpaired) electrons. The van der Waals surface area contributed by atoms with Crippen LogP contribution in [0.2, 0.25) is 0 Å². The molecule has 0 aliphatic heterocycles. The summed E-state index contributed by atoms with van der Waals surface area (Å²) in [5.41, 5.74) is 6.04. The molecule has 1 saturated carbocycles. The highest BCUT2D eigenvalue weighted by atomic mass is 35.5. The highest BCUT2D eigenvalue weighted by Gasteiger charge is 2.31. The van der Waals surface area contributed by atoms with E-state index < -0.39 is 5.54 Å². The summed E-state index contributed by atoms with van der Waals surface area (Å²) in [6.45, 7) is 6.52. The van der Waals surface area contributed by atoms with E-state index in [1.54, 1.807) is 6.92 Å². The van der Waals surface area contributed by atoms with Crippen LogP contribution in [0.4, 0.5) is 0 Å². The van der Waals surface area contributed by atoms with Gasteiger partial charge in [-0.25, -0.2) is 0 Å². The van der Waals surface area contributed by atoms with Gasteiger partial charge in [-0.2, -0.15) is 0 Å². The highest BCUT2D eigenvalue weighted by molar-refractivity contribution is 5.87. The fourth-order valence-corrected chi connectivity index (χ4v) is 2.45. The molecule has 0 heterocycles. The zero-order chi connectivity index (χ0) is 14.6. The molecule has 0 aromatic heterocycles. The summed E-state index contributed by atoms with van der Waals surface area (Å²) in [4.78, 5) is 14.7. The molecule has 22 heavy (non-hydrogen) atoms. The van der Waals surface area contributed by atoms with E-state index in [0.717, 1.165) is 24.7 Å². The van der Waals surface area contributed by atoms with Gasteiger partial charge in [0, 0.05) is 19.1 Å². The number of carbonyl (C=O) groups excluding carboxylic acids is 1. The fraction of sp³-hybridized carbons (Fsp3) is 0.562. The number of likely N-dealkylation sites (N-methyl/N-ethyl adjacent to an activating group) is 1. The summed E-state index contributed by atoms with van der Waals surface area (Å²) in [5.74, 6) is -0.115. The van der Waals surface area contributed by atoms with Crippen molar-refractivity contribution in [3.63, 3.8) is 0 Å². The average Bonchev–Trinajstić information content (AvgIpc) is 3.29. The molecular weight excluding hydrogens is 321 g/mol. The van der Waals surface area contributed by atoms with Crippen LogP contribution in [0, 0.1) is 0 Å². The molecule has 0 bridgehead atoms. The smallest absolute Gasteiger partial charge is 0.244 e. The maximum absolute atomic E-state index is 12.3. The Morgan fingerprint density at radius 1 is 1.32 bits per heavy atom. The third-order valence-electron chi connectivity index (χ3n) is 4.00. The average molecular weight is 348 g/mol. The zero-order valence-electron chi connectivity index (χ0n) is 13.2. The molecule has 1 aliphatic carbocycles. The first-order chi connectivity index (χ1) is 9.55. The van der Waals surface area contributed by atoms with Crippen LogP contribution in [0.5, 0.6) is 0 Å². The molecule has 1 fully saturated rings. The van der Waals surface area contributed by atoms with Crippen LogP contribution in [-0.4, -0.2) is 36.5 Å². The number of hydrogen-bond acceptors (Lipinski definition) is 3. The third kappa shape index (κ3) is 5.43. The van der Waals surface area contributed by atoms with E-state index in [1.807, 2.05) is 30.3 Å². The first kappa shape index (κ1) is 21.2. The maximum Gasteiger partial charge on any atom is 0.244 e. The van der Waals surface area contributed by atoms with Crippen LogP contribution in [0.25, 0.3) is 0 Å². The van der Waals surface area contributed by atoms with E-state index in [1.165, 1.54) is 12.8 Å². The van der Waals surface area contributed by atoms with Crippen molar-refractivity contribution in [2.75, 3.05) is 19.6 Å². The molecule has 1 aromatic rings. The van der Waals surface area contributed by atoms with Gasteiger partial charge in [-0.3, -0.25) is 9.69 Å². The van der Waals surface area contributed by atoms with Gasteiger partial charge < -0.3 is 11.1 Å². The first-order valence-corrected chi connectivity index (χ1v) is 7.42. The Hall–Kier alpha value is -0.810. The Bertz CT molecular complexity index is 450. The molecule has 126 valence electrons. The molecule has 1 aliphatic rings. The second-order valence-corrected chi connectivity index (χ2v) is 5.68. The molecule has 1 atom stereocenters. The SMILES string of the molecule is CCN(CCNC(=O)C(C)(N)c1ccccc1)C1CC1.Cl.Cl. The van der Waals surface area contributed by atoms with Gasteiger partial charge in [0.15, 0.2) is 0 Å². The van der Waals surface area contributed by atoms with Crippen molar-refractivity contribution in [2.24, 2.45) is 5.73 Å². The maximum atomic E-state index is 12.3. The van der Waals surface area contributed by atoms with Crippen molar-refractivity contribution in [3.05, 3.63) is 35.9 Å². The zero-order valence-corrected chi connectivity index (χ0v) is 14.9. The largest absolute Gasteiger partial charge is 0.353 e. The van der Waals surface area contributed by atoms with E-state index in [4.69, 9.17) is 5.73 Å². The lowest BCUT2D eigenvalue weighted by molar-refractivity contribution is -0.126. The summed E-state index contributed by atoms with van der Waals surface area (Å²) >= 11 is 0. The monoisotopic (exact) mass is 347 g/mol. The molecule has 3 N–H and O–H groups in total. The molecule has 1 amide bonds. The number of carbonyl (C=O) groups is 1. The second kappa shape index (κ2) is 9.36. The number of nitrogens with two attached hydrogens (primary N) is 1. The molecule has 0 spiro atoms. The standard InChI is InChI=1S/C16H25N3O.2ClH/c1-3-19(14-9-10-14)12-11-18-15(20)16(2,17)13-7-5-4-6-8-13;;/h4-8,14H,3,9-12,17H2,1-2H3,(H,18,20);2*1H. The minimum absolute atomic E-state index is 0. The van der Waals surface area contributed by atoms with Crippen LogP contribution < -0.4 is 11.1 Å². The molecule has 0 saturated heterocycles. The fourth-order valence-electron chi connectivity index (χ4n) is 2.45. The van der Waals surface area contributed by atoms with Crippen LogP contribution in [-0.2, 0) is 10.3 Å². The van der Waals surface area contributed by atoms with Crippen molar-refractivity contribution in [2.45, 2.75) is 38.3 Å². The van der Waals surface area contributed by atoms with Crippen LogP contribution in [0.1, 0.15) is 32.3 Å².